The van der Waals surface area contributed by atoms with Gasteiger partial charge in [-0.05, 0) is 17.7 Å². The van der Waals surface area contributed by atoms with Gasteiger partial charge in [-0.3, -0.25) is 9.69 Å². The van der Waals surface area contributed by atoms with Crippen LogP contribution in [-0.2, 0) is 6.54 Å². The Morgan fingerprint density at radius 2 is 2.40 bits per heavy atom. The van der Waals surface area contributed by atoms with Crippen LogP contribution in [0.5, 0.6) is 5.75 Å². The number of imidazole rings is 1. The van der Waals surface area contributed by atoms with Gasteiger partial charge in [-0.1, -0.05) is 12.1 Å². The first-order chi connectivity index (χ1) is 12.0. The minimum atomic E-state index is -1.39. The zero-order valence-corrected chi connectivity index (χ0v) is 14.0. The minimum Gasteiger partial charge on any atom is -0.497 e. The highest BCUT2D eigenvalue weighted by Gasteiger charge is 2.44. The molecule has 2 aromatic rings. The number of aromatic nitrogens is 2. The molecule has 2 atom stereocenters. The van der Waals surface area contributed by atoms with Crippen LogP contribution < -0.4 is 10.1 Å². The number of carbonyl (C=O) groups is 1. The maximum absolute atomic E-state index is 12.0. The van der Waals surface area contributed by atoms with Gasteiger partial charge in [0.2, 0.25) is 0 Å². The fourth-order valence-electron chi connectivity index (χ4n) is 3.00. The van der Waals surface area contributed by atoms with Crippen molar-refractivity contribution in [1.82, 2.24) is 20.2 Å². The highest BCUT2D eigenvalue weighted by atomic mass is 16.5. The Morgan fingerprint density at radius 1 is 1.56 bits per heavy atom. The number of hydrogen-bond acceptors (Lipinski definition) is 6. The Morgan fingerprint density at radius 3 is 3.12 bits per heavy atom. The summed E-state index contributed by atoms with van der Waals surface area (Å²) >= 11 is 0. The van der Waals surface area contributed by atoms with E-state index in [1.54, 1.807) is 7.11 Å². The molecule has 0 radical (unpaired) electrons. The van der Waals surface area contributed by atoms with E-state index in [0.717, 1.165) is 11.3 Å². The van der Waals surface area contributed by atoms with E-state index in [-0.39, 0.29) is 19.0 Å². The van der Waals surface area contributed by atoms with Gasteiger partial charge in [-0.15, -0.1) is 0 Å². The lowest BCUT2D eigenvalue weighted by Crippen LogP contribution is -2.51. The maximum atomic E-state index is 12.0. The van der Waals surface area contributed by atoms with Gasteiger partial charge in [0, 0.05) is 19.6 Å². The second-order valence-electron chi connectivity index (χ2n) is 6.29. The van der Waals surface area contributed by atoms with Gasteiger partial charge in [0.05, 0.1) is 32.3 Å². The number of methoxy groups -OCH3 is 1. The van der Waals surface area contributed by atoms with Crippen molar-refractivity contribution in [2.75, 3.05) is 26.7 Å². The zero-order chi connectivity index (χ0) is 17.9. The fourth-order valence-corrected chi connectivity index (χ4v) is 3.00. The molecule has 4 N–H and O–H groups in total. The van der Waals surface area contributed by atoms with Gasteiger partial charge in [-0.2, -0.15) is 0 Å². The number of aliphatic hydroxyl groups excluding tert-OH is 1. The van der Waals surface area contributed by atoms with Crippen LogP contribution in [0.3, 0.4) is 0 Å². The predicted molar refractivity (Wildman–Crippen MR) is 90.1 cm³/mol. The largest absolute Gasteiger partial charge is 0.497 e. The predicted octanol–water partition coefficient (Wildman–Crippen LogP) is -0.244. The molecule has 0 aliphatic carbocycles. The Bertz CT molecular complexity index is 721. The summed E-state index contributed by atoms with van der Waals surface area (Å²) in [5, 5.41) is 23.6. The van der Waals surface area contributed by atoms with Gasteiger partial charge in [-0.25, -0.2) is 4.98 Å². The molecule has 3 rings (SSSR count). The monoisotopic (exact) mass is 346 g/mol. The number of likely N-dealkylation sites (tertiary alicyclic amines) is 1. The summed E-state index contributed by atoms with van der Waals surface area (Å²) in [4.78, 5) is 20.4. The molecule has 0 unspecified atom stereocenters. The number of aliphatic hydroxyl groups is 2. The van der Waals surface area contributed by atoms with Crippen LogP contribution >= 0.6 is 0 Å². The number of ether oxygens (including phenoxy) is 1. The van der Waals surface area contributed by atoms with Gasteiger partial charge in [0.25, 0.3) is 5.91 Å². The van der Waals surface area contributed by atoms with Crippen molar-refractivity contribution in [3.8, 4) is 5.75 Å². The third kappa shape index (κ3) is 3.98. The van der Waals surface area contributed by atoms with Crippen molar-refractivity contribution >= 4 is 5.91 Å². The molecule has 1 saturated heterocycles. The molecule has 1 fully saturated rings. The first-order valence-corrected chi connectivity index (χ1v) is 8.02. The van der Waals surface area contributed by atoms with Crippen LogP contribution in [0.2, 0.25) is 0 Å². The van der Waals surface area contributed by atoms with Crippen molar-refractivity contribution in [3.63, 3.8) is 0 Å². The average Bonchev–Trinajstić information content (AvgIpc) is 3.22. The molecule has 1 aliphatic heterocycles. The van der Waals surface area contributed by atoms with Crippen LogP contribution in [0.15, 0.2) is 36.8 Å². The summed E-state index contributed by atoms with van der Waals surface area (Å²) in [7, 11) is 1.61. The SMILES string of the molecule is COc1cccc(CN2C[C@@H](O)[C@](O)(CNC(=O)c3cnc[nH]3)C2)c1. The van der Waals surface area contributed by atoms with E-state index in [1.807, 2.05) is 29.2 Å². The topological polar surface area (TPSA) is 111 Å². The van der Waals surface area contributed by atoms with Gasteiger partial charge >= 0.3 is 0 Å². The number of carbonyl (C=O) groups excluding carboxylic acids is 1. The van der Waals surface area contributed by atoms with Gasteiger partial charge in [0.1, 0.15) is 17.0 Å². The van der Waals surface area contributed by atoms with Crippen LogP contribution in [0.1, 0.15) is 16.1 Å². The van der Waals surface area contributed by atoms with Crippen molar-refractivity contribution in [2.45, 2.75) is 18.2 Å². The quantitative estimate of drug-likeness (QED) is 0.574. The Balaban J connectivity index is 1.58. The summed E-state index contributed by atoms with van der Waals surface area (Å²) in [5.74, 6) is 0.392. The Kier molecular flexibility index (Phi) is 5.03. The van der Waals surface area contributed by atoms with Crippen LogP contribution in [0.4, 0.5) is 0 Å². The van der Waals surface area contributed by atoms with E-state index in [0.29, 0.717) is 18.8 Å². The highest BCUT2D eigenvalue weighted by Crippen LogP contribution is 2.24. The van der Waals surface area contributed by atoms with Crippen molar-refractivity contribution < 1.29 is 19.7 Å². The van der Waals surface area contributed by atoms with Crippen LogP contribution in [0.25, 0.3) is 0 Å². The van der Waals surface area contributed by atoms with E-state index in [9.17, 15) is 15.0 Å². The summed E-state index contributed by atoms with van der Waals surface area (Å²) < 4.78 is 5.21. The molecule has 1 amide bonds. The molecule has 0 spiro atoms. The average molecular weight is 346 g/mol. The van der Waals surface area contributed by atoms with E-state index < -0.39 is 11.7 Å². The summed E-state index contributed by atoms with van der Waals surface area (Å²) in [6, 6.07) is 7.65. The third-order valence-corrected chi connectivity index (χ3v) is 4.39. The standard InChI is InChI=1S/C17H22N4O4/c1-25-13-4-2-3-12(5-13)7-21-8-15(22)17(24,10-21)9-19-16(23)14-6-18-11-20-14/h2-6,11,15,22,24H,7-10H2,1H3,(H,18,20)(H,19,23)/t15-,17+/m1/s1. The fraction of sp³-hybridized carbons (Fsp3) is 0.412. The number of rotatable bonds is 6. The second-order valence-corrected chi connectivity index (χ2v) is 6.29. The van der Waals surface area contributed by atoms with E-state index in [2.05, 4.69) is 15.3 Å². The van der Waals surface area contributed by atoms with Crippen molar-refractivity contribution in [3.05, 3.63) is 48.0 Å². The molecule has 1 aromatic heterocycles. The van der Waals surface area contributed by atoms with Crippen LogP contribution in [0, 0.1) is 0 Å². The molecule has 0 bridgehead atoms. The van der Waals surface area contributed by atoms with Crippen molar-refractivity contribution in [1.29, 1.82) is 0 Å². The van der Waals surface area contributed by atoms with E-state index in [4.69, 9.17) is 4.74 Å². The number of hydrogen-bond donors (Lipinski definition) is 4. The number of nitrogens with zero attached hydrogens (tertiary/aromatic N) is 2. The normalized spacial score (nSPS) is 23.6. The van der Waals surface area contributed by atoms with Crippen molar-refractivity contribution in [2.24, 2.45) is 0 Å². The maximum Gasteiger partial charge on any atom is 0.269 e. The van der Waals surface area contributed by atoms with Gasteiger partial charge < -0.3 is 25.3 Å². The van der Waals surface area contributed by atoms with E-state index in [1.165, 1.54) is 12.5 Å². The molecule has 1 aliphatic rings. The molecule has 2 heterocycles. The lowest BCUT2D eigenvalue weighted by atomic mass is 10.0. The molecule has 134 valence electrons. The minimum absolute atomic E-state index is 0.0410. The number of nitrogens with one attached hydrogen (secondary N) is 2. The summed E-state index contributed by atoms with van der Waals surface area (Å²) in [6.07, 6.45) is 1.86. The first-order valence-electron chi connectivity index (χ1n) is 8.02. The zero-order valence-electron chi connectivity index (χ0n) is 14.0. The van der Waals surface area contributed by atoms with Gasteiger partial charge in [0.15, 0.2) is 0 Å². The Hall–Kier alpha value is -2.42. The number of H-pyrrole nitrogens is 1. The molecular weight excluding hydrogens is 324 g/mol. The molecule has 1 aromatic carbocycles. The number of β-amino-alcohol motifs (C(OH)–C–C–N with tert-alkyl or cyclic N) is 2. The third-order valence-electron chi connectivity index (χ3n) is 4.39. The van der Waals surface area contributed by atoms with Crippen LogP contribution in [-0.4, -0.2) is 69.4 Å². The molecule has 8 nitrogen and oxygen atoms in total. The molecule has 25 heavy (non-hydrogen) atoms. The lowest BCUT2D eigenvalue weighted by Gasteiger charge is -2.26. The Labute approximate surface area is 145 Å². The highest BCUT2D eigenvalue weighted by molar-refractivity contribution is 5.92. The molecular formula is C17H22N4O4. The molecule has 8 heteroatoms. The number of amides is 1. The first kappa shape index (κ1) is 17.4. The van der Waals surface area contributed by atoms with E-state index >= 15 is 0 Å². The second kappa shape index (κ2) is 7.22. The summed E-state index contributed by atoms with van der Waals surface area (Å²) in [5.41, 5.74) is -0.0595. The smallest absolute Gasteiger partial charge is 0.269 e. The lowest BCUT2D eigenvalue weighted by molar-refractivity contribution is -0.0377. The number of aromatic amines is 1. The summed E-state index contributed by atoms with van der Waals surface area (Å²) in [6.45, 7) is 1.12. The molecule has 0 saturated carbocycles. The number of benzene rings is 1.